The monoisotopic (exact) mass is 426 g/mol. The summed E-state index contributed by atoms with van der Waals surface area (Å²) in [7, 11) is 0. The molecule has 0 radical (unpaired) electrons. The fourth-order valence-corrected chi connectivity index (χ4v) is 4.56. The van der Waals surface area contributed by atoms with Gasteiger partial charge in [-0.2, -0.15) is 16.3 Å². The summed E-state index contributed by atoms with van der Waals surface area (Å²) in [5.74, 6) is 0.864. The number of aromatic nitrogens is 4. The van der Waals surface area contributed by atoms with Gasteiger partial charge in [-0.15, -0.1) is 11.3 Å². The molecule has 0 fully saturated rings. The van der Waals surface area contributed by atoms with Gasteiger partial charge in [0.1, 0.15) is 4.83 Å². The minimum Gasteiger partial charge on any atom is -0.334 e. The Kier molecular flexibility index (Phi) is 4.31. The molecule has 5 aromatic rings. The van der Waals surface area contributed by atoms with Crippen LogP contribution in [-0.4, -0.2) is 19.7 Å². The molecule has 9 heteroatoms. The van der Waals surface area contributed by atoms with E-state index < -0.39 is 0 Å². The fourth-order valence-electron chi connectivity index (χ4n) is 2.90. The lowest BCUT2D eigenvalue weighted by atomic mass is 10.1. The van der Waals surface area contributed by atoms with E-state index >= 15 is 0 Å². The molecule has 0 aliphatic heterocycles. The lowest BCUT2D eigenvalue weighted by Crippen LogP contribution is -2.21. The fraction of sp³-hybridized carbons (Fsp3) is 0.0526. The standard InChI is InChI=1S/C19H11ClN4O2S2/c20-13-3-1-11(2-4-13)14-9-28-18-16(14)19(25)24(10-21-18)7-15-22-17(26-23-15)12-5-6-27-8-12/h1-6,8-10H,7H2. The summed E-state index contributed by atoms with van der Waals surface area (Å²) in [5.41, 5.74) is 2.49. The van der Waals surface area contributed by atoms with Crippen LogP contribution in [0, 0.1) is 0 Å². The van der Waals surface area contributed by atoms with E-state index in [1.165, 1.54) is 22.2 Å². The summed E-state index contributed by atoms with van der Waals surface area (Å²) in [6.07, 6.45) is 1.52. The minimum atomic E-state index is -0.141. The van der Waals surface area contributed by atoms with Gasteiger partial charge in [-0.1, -0.05) is 28.9 Å². The first-order valence-electron chi connectivity index (χ1n) is 8.27. The average molecular weight is 427 g/mol. The molecule has 4 heterocycles. The zero-order valence-corrected chi connectivity index (χ0v) is 16.6. The topological polar surface area (TPSA) is 73.8 Å². The Hall–Kier alpha value is -2.81. The Morgan fingerprint density at radius 1 is 1.11 bits per heavy atom. The lowest BCUT2D eigenvalue weighted by Gasteiger charge is -2.04. The van der Waals surface area contributed by atoms with Gasteiger partial charge in [0.15, 0.2) is 5.82 Å². The SMILES string of the molecule is O=c1c2c(-c3ccc(Cl)cc3)csc2ncn1Cc1noc(-c2ccsc2)n1. The van der Waals surface area contributed by atoms with Crippen molar-refractivity contribution in [3.05, 3.63) is 74.0 Å². The van der Waals surface area contributed by atoms with Crippen molar-refractivity contribution in [1.82, 2.24) is 19.7 Å². The summed E-state index contributed by atoms with van der Waals surface area (Å²) >= 11 is 8.97. The molecule has 0 unspecified atom stereocenters. The Morgan fingerprint density at radius 3 is 2.75 bits per heavy atom. The molecule has 6 nitrogen and oxygen atoms in total. The Labute approximate surface area is 171 Å². The van der Waals surface area contributed by atoms with Gasteiger partial charge in [-0.25, -0.2) is 4.98 Å². The molecule has 0 saturated carbocycles. The highest BCUT2D eigenvalue weighted by atomic mass is 35.5. The third-order valence-corrected chi connectivity index (χ3v) is 6.09. The average Bonchev–Trinajstić information content (AvgIpc) is 3.45. The number of benzene rings is 1. The number of halogens is 1. The minimum absolute atomic E-state index is 0.141. The van der Waals surface area contributed by atoms with Crippen LogP contribution in [0.5, 0.6) is 0 Å². The molecule has 138 valence electrons. The Morgan fingerprint density at radius 2 is 1.96 bits per heavy atom. The summed E-state index contributed by atoms with van der Waals surface area (Å²) in [6.45, 7) is 0.186. The molecule has 1 aromatic carbocycles. The first kappa shape index (κ1) is 17.3. The molecule has 0 aliphatic carbocycles. The number of thiophene rings is 2. The molecule has 0 aliphatic rings. The van der Waals surface area contributed by atoms with Crippen molar-refractivity contribution < 1.29 is 4.52 Å². The van der Waals surface area contributed by atoms with Gasteiger partial charge >= 0.3 is 0 Å². The van der Waals surface area contributed by atoms with Crippen molar-refractivity contribution in [3.63, 3.8) is 0 Å². The van der Waals surface area contributed by atoms with E-state index in [1.54, 1.807) is 23.5 Å². The molecule has 0 amide bonds. The summed E-state index contributed by atoms with van der Waals surface area (Å²) in [4.78, 5) is 22.6. The van der Waals surface area contributed by atoms with Crippen LogP contribution in [0.3, 0.4) is 0 Å². The third kappa shape index (κ3) is 3.05. The van der Waals surface area contributed by atoms with Gasteiger partial charge in [0.25, 0.3) is 11.4 Å². The van der Waals surface area contributed by atoms with Gasteiger partial charge in [0.05, 0.1) is 23.8 Å². The predicted octanol–water partition coefficient (Wildman–Crippen LogP) is 4.94. The Balaban J connectivity index is 1.54. The van der Waals surface area contributed by atoms with E-state index in [4.69, 9.17) is 16.1 Å². The smallest absolute Gasteiger partial charge is 0.263 e. The van der Waals surface area contributed by atoms with Crippen LogP contribution in [0.4, 0.5) is 0 Å². The van der Waals surface area contributed by atoms with Crippen LogP contribution in [0.25, 0.3) is 32.8 Å². The van der Waals surface area contributed by atoms with Crippen LogP contribution in [0.15, 0.2) is 62.1 Å². The zero-order valence-electron chi connectivity index (χ0n) is 14.2. The summed E-state index contributed by atoms with van der Waals surface area (Å²) in [5, 5.41) is 11.0. The van der Waals surface area contributed by atoms with Crippen LogP contribution in [-0.2, 0) is 6.54 Å². The molecule has 0 N–H and O–H groups in total. The first-order chi connectivity index (χ1) is 13.7. The van der Waals surface area contributed by atoms with Crippen LogP contribution >= 0.6 is 34.3 Å². The number of fused-ring (bicyclic) bond motifs is 1. The normalized spacial score (nSPS) is 11.3. The van der Waals surface area contributed by atoms with Crippen molar-refractivity contribution in [1.29, 1.82) is 0 Å². The molecule has 0 bridgehead atoms. The van der Waals surface area contributed by atoms with E-state index in [9.17, 15) is 4.79 Å². The van der Waals surface area contributed by atoms with E-state index in [2.05, 4.69) is 15.1 Å². The maximum absolute atomic E-state index is 13.1. The number of hydrogen-bond donors (Lipinski definition) is 0. The number of nitrogens with zero attached hydrogens (tertiary/aromatic N) is 4. The van der Waals surface area contributed by atoms with Crippen LogP contribution < -0.4 is 5.56 Å². The highest BCUT2D eigenvalue weighted by Crippen LogP contribution is 2.31. The second kappa shape index (κ2) is 6.97. The highest BCUT2D eigenvalue weighted by molar-refractivity contribution is 7.17. The number of hydrogen-bond acceptors (Lipinski definition) is 7. The van der Waals surface area contributed by atoms with Gasteiger partial charge in [-0.3, -0.25) is 9.36 Å². The molecule has 28 heavy (non-hydrogen) atoms. The highest BCUT2D eigenvalue weighted by Gasteiger charge is 2.15. The van der Waals surface area contributed by atoms with E-state index in [0.29, 0.717) is 27.0 Å². The molecule has 5 rings (SSSR count). The second-order valence-corrected chi connectivity index (χ2v) is 8.12. The van der Waals surface area contributed by atoms with E-state index in [0.717, 1.165) is 16.7 Å². The molecular formula is C19H11ClN4O2S2. The van der Waals surface area contributed by atoms with Gasteiger partial charge < -0.3 is 4.52 Å². The third-order valence-electron chi connectivity index (χ3n) is 4.26. The molecule has 0 spiro atoms. The maximum Gasteiger partial charge on any atom is 0.263 e. The number of rotatable bonds is 4. The maximum atomic E-state index is 13.1. The van der Waals surface area contributed by atoms with E-state index in [-0.39, 0.29) is 12.1 Å². The molecule has 0 atom stereocenters. The summed E-state index contributed by atoms with van der Waals surface area (Å²) in [6, 6.07) is 9.31. The van der Waals surface area contributed by atoms with Gasteiger partial charge in [0, 0.05) is 21.3 Å². The molecule has 4 aromatic heterocycles. The lowest BCUT2D eigenvalue weighted by molar-refractivity contribution is 0.420. The van der Waals surface area contributed by atoms with Crippen LogP contribution in [0.1, 0.15) is 5.82 Å². The second-order valence-electron chi connectivity index (χ2n) is 6.04. The van der Waals surface area contributed by atoms with Crippen molar-refractivity contribution in [2.24, 2.45) is 0 Å². The van der Waals surface area contributed by atoms with Crippen molar-refractivity contribution >= 4 is 44.5 Å². The molecular weight excluding hydrogens is 416 g/mol. The van der Waals surface area contributed by atoms with Crippen LogP contribution in [0.2, 0.25) is 5.02 Å². The van der Waals surface area contributed by atoms with Gasteiger partial charge in [-0.05, 0) is 29.1 Å². The largest absolute Gasteiger partial charge is 0.334 e. The van der Waals surface area contributed by atoms with Crippen molar-refractivity contribution in [2.75, 3.05) is 0 Å². The van der Waals surface area contributed by atoms with Crippen molar-refractivity contribution in [2.45, 2.75) is 6.54 Å². The van der Waals surface area contributed by atoms with Gasteiger partial charge in [0.2, 0.25) is 0 Å². The van der Waals surface area contributed by atoms with Crippen molar-refractivity contribution in [3.8, 4) is 22.6 Å². The Bertz CT molecular complexity index is 1320. The summed E-state index contributed by atoms with van der Waals surface area (Å²) < 4.78 is 6.79. The first-order valence-corrected chi connectivity index (χ1v) is 10.5. The zero-order chi connectivity index (χ0) is 19.1. The molecule has 0 saturated heterocycles. The quantitative estimate of drug-likeness (QED) is 0.407. The predicted molar refractivity (Wildman–Crippen MR) is 111 cm³/mol. The van der Waals surface area contributed by atoms with E-state index in [1.807, 2.05) is 34.3 Å².